The molecular weight excluding hydrogens is 776 g/mol. The van der Waals surface area contributed by atoms with Crippen molar-refractivity contribution in [2.75, 3.05) is 20.8 Å². The predicted molar refractivity (Wildman–Crippen MR) is 205 cm³/mol. The number of benzene rings is 2. The van der Waals surface area contributed by atoms with Crippen molar-refractivity contribution >= 4 is 52.3 Å². The molecule has 2 aromatic heterocycles. The number of Topliss-reactive ketones (excluding diaryl/α,β-unsaturated/α-hetero) is 1. The van der Waals surface area contributed by atoms with E-state index in [0.29, 0.717) is 11.2 Å². The van der Waals surface area contributed by atoms with E-state index in [2.05, 4.69) is 41.0 Å². The lowest BCUT2D eigenvalue weighted by molar-refractivity contribution is -0.144. The van der Waals surface area contributed by atoms with Crippen molar-refractivity contribution in [2.24, 2.45) is 5.92 Å². The Hall–Kier alpha value is -6.79. The first-order valence-corrected chi connectivity index (χ1v) is 18.5. The number of hydrogen-bond acceptors (Lipinski definition) is 12. The Morgan fingerprint density at radius 1 is 0.746 bits per heavy atom. The van der Waals surface area contributed by atoms with E-state index in [1.54, 1.807) is 18.2 Å². The molecule has 0 unspecified atom stereocenters. The number of nitrogens with zero attached hydrogens (tertiary/aromatic N) is 2. The van der Waals surface area contributed by atoms with Gasteiger partial charge in [-0.2, -0.15) is 0 Å². The van der Waals surface area contributed by atoms with Crippen molar-refractivity contribution in [3.05, 3.63) is 90.1 Å². The molecular formula is C40H45F2N7O10. The smallest absolute Gasteiger partial charge is 0.308 e. The molecule has 0 aliphatic carbocycles. The van der Waals surface area contributed by atoms with Gasteiger partial charge in [0.15, 0.2) is 23.2 Å². The lowest BCUT2D eigenvalue weighted by Crippen LogP contribution is -2.58. The molecule has 17 nitrogen and oxygen atoms in total. The van der Waals surface area contributed by atoms with Gasteiger partial charge >= 0.3 is 11.9 Å². The minimum atomic E-state index is -1.65. The van der Waals surface area contributed by atoms with Crippen molar-refractivity contribution in [3.8, 4) is 5.75 Å². The van der Waals surface area contributed by atoms with Crippen molar-refractivity contribution in [3.63, 3.8) is 0 Å². The maximum atomic E-state index is 14.2. The molecule has 0 fully saturated rings. The molecule has 2 aromatic carbocycles. The van der Waals surface area contributed by atoms with Crippen LogP contribution in [-0.2, 0) is 44.7 Å². The molecule has 0 aliphatic rings. The minimum absolute atomic E-state index is 0.0489. The van der Waals surface area contributed by atoms with Crippen LogP contribution in [0.1, 0.15) is 55.7 Å². The second-order valence-electron chi connectivity index (χ2n) is 13.7. The van der Waals surface area contributed by atoms with Crippen molar-refractivity contribution in [1.82, 2.24) is 36.2 Å². The maximum Gasteiger partial charge on any atom is 0.308 e. The number of para-hydroxylation sites is 2. The largest absolute Gasteiger partial charge is 0.480 e. The Morgan fingerprint density at radius 3 is 2.05 bits per heavy atom. The molecule has 5 N–H and O–H groups in total. The van der Waals surface area contributed by atoms with Gasteiger partial charge in [0.1, 0.15) is 36.5 Å². The third kappa shape index (κ3) is 13.4. The van der Waals surface area contributed by atoms with Gasteiger partial charge in [-0.1, -0.05) is 44.2 Å². The van der Waals surface area contributed by atoms with Crippen LogP contribution in [0.5, 0.6) is 5.75 Å². The molecule has 0 saturated heterocycles. The second-order valence-corrected chi connectivity index (χ2v) is 13.7. The molecule has 4 rings (SSSR count). The molecule has 4 amide bonds. The number of methoxy groups -OCH3 is 2. The predicted octanol–water partition coefficient (Wildman–Crippen LogP) is 2.24. The van der Waals surface area contributed by atoms with E-state index in [1.807, 2.05) is 26.0 Å². The average Bonchev–Trinajstić information content (AvgIpc) is 3.73. The number of H-pyrrole nitrogens is 1. The molecule has 19 heteroatoms. The summed E-state index contributed by atoms with van der Waals surface area (Å²) in [5, 5.41) is 11.0. The molecule has 0 saturated carbocycles. The van der Waals surface area contributed by atoms with Crippen LogP contribution in [0.25, 0.3) is 10.9 Å². The number of amides is 4. The highest BCUT2D eigenvalue weighted by molar-refractivity contribution is 5.99. The number of carbonyl (C=O) groups excluding carboxylic acids is 7. The number of halogens is 2. The lowest BCUT2D eigenvalue weighted by Gasteiger charge is -2.26. The first-order chi connectivity index (χ1) is 28.2. The van der Waals surface area contributed by atoms with Gasteiger partial charge in [-0.3, -0.25) is 33.6 Å². The highest BCUT2D eigenvalue weighted by Gasteiger charge is 2.33. The minimum Gasteiger partial charge on any atom is -0.480 e. The van der Waals surface area contributed by atoms with E-state index in [4.69, 9.17) is 9.47 Å². The summed E-state index contributed by atoms with van der Waals surface area (Å²) in [6, 6.07) is 7.48. The van der Waals surface area contributed by atoms with E-state index in [-0.39, 0.29) is 37.3 Å². The van der Waals surface area contributed by atoms with Crippen LogP contribution in [0.2, 0.25) is 0 Å². The highest BCUT2D eigenvalue weighted by Crippen LogP contribution is 2.21. The number of ether oxygens (including phenoxy) is 3. The quantitative estimate of drug-likeness (QED) is 0.0762. The molecule has 314 valence electrons. The van der Waals surface area contributed by atoms with Gasteiger partial charge in [0.25, 0.3) is 5.91 Å². The number of carbonyl (C=O) groups is 7. The number of esters is 2. The molecule has 4 atom stereocenters. The summed E-state index contributed by atoms with van der Waals surface area (Å²) >= 11 is 0. The van der Waals surface area contributed by atoms with Crippen molar-refractivity contribution in [2.45, 2.75) is 70.1 Å². The number of ketones is 1. The number of aromatic amines is 1. The maximum absolute atomic E-state index is 14.2. The number of pyridine rings is 1. The van der Waals surface area contributed by atoms with E-state index in [0.717, 1.165) is 37.8 Å². The fourth-order valence-electron chi connectivity index (χ4n) is 5.76. The number of rotatable bonds is 21. The van der Waals surface area contributed by atoms with E-state index < -0.39 is 95.9 Å². The monoisotopic (exact) mass is 821 g/mol. The summed E-state index contributed by atoms with van der Waals surface area (Å²) in [5.74, 6) is -9.14. The number of fused-ring (bicyclic) bond motifs is 1. The van der Waals surface area contributed by atoms with Crippen LogP contribution < -0.4 is 26.0 Å². The lowest BCUT2D eigenvalue weighted by atomic mass is 10.0. The van der Waals surface area contributed by atoms with Gasteiger partial charge in [0.05, 0.1) is 32.5 Å². The Balaban J connectivity index is 1.55. The van der Waals surface area contributed by atoms with Crippen LogP contribution in [0.3, 0.4) is 0 Å². The summed E-state index contributed by atoms with van der Waals surface area (Å²) in [6.07, 6.45) is 1.20. The Labute approximate surface area is 337 Å². The molecule has 0 spiro atoms. The number of imidazole rings is 1. The van der Waals surface area contributed by atoms with Gasteiger partial charge in [-0.05, 0) is 43.0 Å². The summed E-state index contributed by atoms with van der Waals surface area (Å²) < 4.78 is 42.8. The van der Waals surface area contributed by atoms with Crippen LogP contribution in [-0.4, -0.2) is 101 Å². The normalized spacial score (nSPS) is 13.0. The van der Waals surface area contributed by atoms with E-state index in [1.165, 1.54) is 18.6 Å². The number of nitrogens with one attached hydrogen (secondary N) is 5. The van der Waals surface area contributed by atoms with Gasteiger partial charge in [-0.15, -0.1) is 0 Å². The number of aromatic nitrogens is 3. The molecule has 0 bridgehead atoms. The van der Waals surface area contributed by atoms with E-state index >= 15 is 0 Å². The van der Waals surface area contributed by atoms with Crippen LogP contribution in [0.4, 0.5) is 8.78 Å². The van der Waals surface area contributed by atoms with Crippen LogP contribution >= 0.6 is 0 Å². The molecule has 2 heterocycles. The first-order valence-electron chi connectivity index (χ1n) is 18.5. The zero-order chi connectivity index (χ0) is 43.1. The SMILES string of the molecule is COC(=O)CC[C@H](NC(=O)[C@H](CC(C)C)NC(=O)c1ccc2ccccc2n1)C(=O)N[C@@H](Cc1cnc[nH]1)C(=O)N[C@@H](CC(=O)OC)C(=O)COc1c(F)cccc1F. The fraction of sp³-hybridized carbons (Fsp3) is 0.375. The summed E-state index contributed by atoms with van der Waals surface area (Å²) in [5.41, 5.74) is 0.954. The van der Waals surface area contributed by atoms with E-state index in [9.17, 15) is 42.3 Å². The standard InChI is InChI=1S/C40H45F2N7O10/c1-22(2)16-31(48-37(53)28-13-12-23-8-5-6-11-27(23)45-28)39(55)46-29(14-15-34(51)57-3)38(54)49-32(17-24-19-43-21-44-24)40(56)47-30(18-35(52)58-4)33(50)20-59-36-25(41)9-7-10-26(36)42/h5-13,19,21-22,29-32H,14-18,20H2,1-4H3,(H,43,44)(H,46,55)(H,47,56)(H,48,53)(H,49,54)/t29-,30-,31-,32-/m0/s1. The first kappa shape index (κ1) is 44.9. The summed E-state index contributed by atoms with van der Waals surface area (Å²) in [6.45, 7) is 2.68. The molecule has 59 heavy (non-hydrogen) atoms. The Bertz CT molecular complexity index is 2110. The summed E-state index contributed by atoms with van der Waals surface area (Å²) in [4.78, 5) is 104. The molecule has 4 aromatic rings. The third-order valence-corrected chi connectivity index (χ3v) is 8.85. The summed E-state index contributed by atoms with van der Waals surface area (Å²) in [7, 11) is 2.18. The van der Waals surface area contributed by atoms with Crippen LogP contribution in [0.15, 0.2) is 67.1 Å². The highest BCUT2D eigenvalue weighted by atomic mass is 19.1. The van der Waals surface area contributed by atoms with Gasteiger partial charge in [0, 0.05) is 30.1 Å². The molecule has 0 aliphatic heterocycles. The third-order valence-electron chi connectivity index (χ3n) is 8.85. The van der Waals surface area contributed by atoms with Gasteiger partial charge < -0.3 is 40.5 Å². The Morgan fingerprint density at radius 2 is 1.39 bits per heavy atom. The van der Waals surface area contributed by atoms with Crippen LogP contribution in [0, 0.1) is 17.6 Å². The number of hydrogen-bond donors (Lipinski definition) is 5. The average molecular weight is 822 g/mol. The fourth-order valence-corrected chi connectivity index (χ4v) is 5.76. The zero-order valence-corrected chi connectivity index (χ0v) is 32.7. The topological polar surface area (TPSA) is 237 Å². The second kappa shape index (κ2) is 21.7. The van der Waals surface area contributed by atoms with Crippen molar-refractivity contribution < 1.29 is 56.6 Å². The zero-order valence-electron chi connectivity index (χ0n) is 32.7. The van der Waals surface area contributed by atoms with Crippen molar-refractivity contribution in [1.29, 1.82) is 0 Å². The Kier molecular flexibility index (Phi) is 16.5. The van der Waals surface area contributed by atoms with Gasteiger partial charge in [-0.25, -0.2) is 18.7 Å². The molecule has 0 radical (unpaired) electrons. The van der Waals surface area contributed by atoms with Gasteiger partial charge in [0.2, 0.25) is 17.7 Å².